The fourth-order valence-corrected chi connectivity index (χ4v) is 2.85. The summed E-state index contributed by atoms with van der Waals surface area (Å²) in [5, 5.41) is 21.7. The minimum absolute atomic E-state index is 0.00472. The van der Waals surface area contributed by atoms with Gasteiger partial charge in [-0.05, 0) is 56.7 Å². The van der Waals surface area contributed by atoms with Crippen LogP contribution in [0.15, 0.2) is 70.6 Å². The number of rotatable bonds is 6. The molecule has 0 N–H and O–H groups in total. The Kier molecular flexibility index (Phi) is 6.25. The van der Waals surface area contributed by atoms with Crippen molar-refractivity contribution >= 4 is 34.2 Å². The van der Waals surface area contributed by atoms with Crippen LogP contribution < -0.4 is 0 Å². The highest BCUT2D eigenvalue weighted by Crippen LogP contribution is 2.24. The number of pyridine rings is 1. The van der Waals surface area contributed by atoms with Gasteiger partial charge in [0.25, 0.3) is 11.4 Å². The summed E-state index contributed by atoms with van der Waals surface area (Å²) in [6.07, 6.45) is 0. The van der Waals surface area contributed by atoms with Gasteiger partial charge in [0.1, 0.15) is 0 Å². The van der Waals surface area contributed by atoms with Crippen molar-refractivity contribution in [1.29, 1.82) is 0 Å². The predicted octanol–water partition coefficient (Wildman–Crippen LogP) is 5.49. The van der Waals surface area contributed by atoms with Gasteiger partial charge in [0.05, 0.1) is 44.0 Å². The second-order valence-corrected chi connectivity index (χ2v) is 6.80. The van der Waals surface area contributed by atoms with E-state index in [-0.39, 0.29) is 11.4 Å². The molecule has 0 spiro atoms. The summed E-state index contributed by atoms with van der Waals surface area (Å²) in [7, 11) is 0. The highest BCUT2D eigenvalue weighted by atomic mass is 16.6. The molecule has 0 aliphatic carbocycles. The first-order chi connectivity index (χ1) is 14.7. The summed E-state index contributed by atoms with van der Waals surface area (Å²) >= 11 is 0. The van der Waals surface area contributed by atoms with E-state index < -0.39 is 9.85 Å². The molecule has 0 saturated heterocycles. The zero-order valence-electron chi connectivity index (χ0n) is 17.1. The van der Waals surface area contributed by atoms with E-state index in [0.717, 1.165) is 0 Å². The van der Waals surface area contributed by atoms with Gasteiger partial charge in [0.15, 0.2) is 0 Å². The average Bonchev–Trinajstić information content (AvgIpc) is 2.75. The quantitative estimate of drug-likeness (QED) is 0.298. The van der Waals surface area contributed by atoms with Crippen molar-refractivity contribution < 1.29 is 9.85 Å². The van der Waals surface area contributed by atoms with Crippen molar-refractivity contribution in [3.05, 3.63) is 97.8 Å². The van der Waals surface area contributed by atoms with Crippen molar-refractivity contribution in [2.24, 2.45) is 9.98 Å². The number of nitrogens with zero attached hydrogens (tertiary/aromatic N) is 5. The maximum Gasteiger partial charge on any atom is 0.269 e. The highest BCUT2D eigenvalue weighted by Gasteiger charge is 2.10. The molecular weight excluding hydrogens is 398 g/mol. The molecule has 0 aliphatic rings. The minimum Gasteiger partial charge on any atom is -0.258 e. The molecule has 3 rings (SSSR count). The average molecular weight is 417 g/mol. The Labute approximate surface area is 178 Å². The van der Waals surface area contributed by atoms with Gasteiger partial charge < -0.3 is 0 Å². The molecule has 0 saturated carbocycles. The van der Waals surface area contributed by atoms with Gasteiger partial charge in [0.2, 0.25) is 0 Å². The Hall–Kier alpha value is -4.27. The first-order valence-corrected chi connectivity index (χ1v) is 9.32. The molecule has 2 aromatic carbocycles. The molecule has 0 atom stereocenters. The Balaban J connectivity index is 1.87. The van der Waals surface area contributed by atoms with E-state index in [1.165, 1.54) is 24.3 Å². The Morgan fingerprint density at radius 1 is 0.806 bits per heavy atom. The third kappa shape index (κ3) is 5.21. The van der Waals surface area contributed by atoms with Crippen LogP contribution in [0.5, 0.6) is 0 Å². The molecule has 0 radical (unpaired) electrons. The summed E-state index contributed by atoms with van der Waals surface area (Å²) in [6, 6.07) is 16.0. The van der Waals surface area contributed by atoms with Gasteiger partial charge in [-0.1, -0.05) is 6.07 Å². The number of nitro benzene ring substituents is 2. The zero-order valence-corrected chi connectivity index (χ0v) is 17.1. The normalized spacial score (nSPS) is 12.0. The van der Waals surface area contributed by atoms with Crippen molar-refractivity contribution in [1.82, 2.24) is 4.98 Å². The van der Waals surface area contributed by atoms with E-state index >= 15 is 0 Å². The van der Waals surface area contributed by atoms with Crippen LogP contribution in [0.25, 0.3) is 0 Å². The second kappa shape index (κ2) is 9.04. The maximum atomic E-state index is 10.9. The fraction of sp³-hybridized carbons (Fsp3) is 0.136. The molecule has 1 heterocycles. The van der Waals surface area contributed by atoms with Crippen molar-refractivity contribution in [3.8, 4) is 0 Å². The summed E-state index contributed by atoms with van der Waals surface area (Å²) in [5.41, 5.74) is 4.53. The summed E-state index contributed by atoms with van der Waals surface area (Å²) in [4.78, 5) is 34.4. The van der Waals surface area contributed by atoms with Crippen LogP contribution in [0.1, 0.15) is 30.8 Å². The van der Waals surface area contributed by atoms with Crippen molar-refractivity contribution in [3.63, 3.8) is 0 Å². The topological polar surface area (TPSA) is 124 Å². The molecule has 156 valence electrons. The van der Waals surface area contributed by atoms with Crippen LogP contribution >= 0.6 is 0 Å². The van der Waals surface area contributed by atoms with Crippen molar-refractivity contribution in [2.45, 2.75) is 20.8 Å². The van der Waals surface area contributed by atoms with E-state index in [2.05, 4.69) is 15.0 Å². The van der Waals surface area contributed by atoms with E-state index in [1.54, 1.807) is 32.0 Å². The maximum absolute atomic E-state index is 10.9. The predicted molar refractivity (Wildman–Crippen MR) is 119 cm³/mol. The first-order valence-electron chi connectivity index (χ1n) is 9.32. The van der Waals surface area contributed by atoms with Crippen LogP contribution in [0.2, 0.25) is 0 Å². The van der Waals surface area contributed by atoms with E-state index in [0.29, 0.717) is 39.7 Å². The lowest BCUT2D eigenvalue weighted by Crippen LogP contribution is -2.05. The van der Waals surface area contributed by atoms with E-state index in [4.69, 9.17) is 0 Å². The molecule has 0 amide bonds. The molecule has 0 aliphatic heterocycles. The monoisotopic (exact) mass is 417 g/mol. The number of hydrogen-bond acceptors (Lipinski definition) is 7. The molecule has 0 unspecified atom stereocenters. The highest BCUT2D eigenvalue weighted by molar-refractivity contribution is 6.02. The largest absolute Gasteiger partial charge is 0.269 e. The number of aliphatic imine (C=N–C) groups is 2. The number of benzene rings is 2. The lowest BCUT2D eigenvalue weighted by atomic mass is 10.1. The third-order valence-electron chi connectivity index (χ3n) is 4.53. The molecule has 0 bridgehead atoms. The fourth-order valence-electron chi connectivity index (χ4n) is 2.85. The minimum atomic E-state index is -0.458. The van der Waals surface area contributed by atoms with E-state index in [9.17, 15) is 20.2 Å². The summed E-state index contributed by atoms with van der Waals surface area (Å²) in [5.74, 6) is 0. The number of hydrogen-bond donors (Lipinski definition) is 0. The van der Waals surface area contributed by atoms with Crippen LogP contribution in [-0.2, 0) is 0 Å². The number of nitro groups is 2. The van der Waals surface area contributed by atoms with Crippen LogP contribution in [0.3, 0.4) is 0 Å². The Bertz CT molecular complexity index is 1220. The van der Waals surface area contributed by atoms with Crippen LogP contribution in [0, 0.1) is 27.2 Å². The first kappa shape index (κ1) is 21.4. The molecule has 3 aromatic rings. The Morgan fingerprint density at radius 2 is 1.35 bits per heavy atom. The second-order valence-electron chi connectivity index (χ2n) is 6.80. The van der Waals surface area contributed by atoms with Gasteiger partial charge in [-0.3, -0.25) is 30.2 Å². The molecule has 1 aromatic heterocycles. The SMILES string of the molecule is CC(=Nc1ccc([N+](=O)[O-])cc1)c1cccc(C(C)=Nc2ccc([N+](=O)[O-])cc2C)n1. The molecule has 9 heteroatoms. The van der Waals surface area contributed by atoms with Crippen molar-refractivity contribution in [2.75, 3.05) is 0 Å². The number of aromatic nitrogens is 1. The molecule has 31 heavy (non-hydrogen) atoms. The molecular formula is C22H19N5O4. The van der Waals surface area contributed by atoms with Crippen LogP contribution in [0.4, 0.5) is 22.7 Å². The van der Waals surface area contributed by atoms with E-state index in [1.807, 2.05) is 25.1 Å². The standard InChI is InChI=1S/C22H19N5O4/c1-14-13-19(27(30)31)11-12-20(14)24-16(3)22-6-4-5-21(25-22)15(2)23-17-7-9-18(10-8-17)26(28)29/h4-13H,1-3H3. The molecule has 9 nitrogen and oxygen atoms in total. The lowest BCUT2D eigenvalue weighted by Gasteiger charge is -2.06. The third-order valence-corrected chi connectivity index (χ3v) is 4.53. The lowest BCUT2D eigenvalue weighted by molar-refractivity contribution is -0.385. The van der Waals surface area contributed by atoms with Gasteiger partial charge in [-0.2, -0.15) is 0 Å². The molecule has 0 fully saturated rings. The number of aryl methyl sites for hydroxylation is 1. The smallest absolute Gasteiger partial charge is 0.258 e. The number of non-ortho nitro benzene ring substituents is 2. The van der Waals surface area contributed by atoms with Gasteiger partial charge in [-0.15, -0.1) is 0 Å². The zero-order chi connectivity index (χ0) is 22.5. The van der Waals surface area contributed by atoms with Gasteiger partial charge in [0, 0.05) is 24.3 Å². The van der Waals surface area contributed by atoms with Crippen LogP contribution in [-0.4, -0.2) is 26.3 Å². The summed E-state index contributed by atoms with van der Waals surface area (Å²) in [6.45, 7) is 5.39. The Morgan fingerprint density at radius 3 is 1.90 bits per heavy atom. The van der Waals surface area contributed by atoms with Gasteiger partial charge >= 0.3 is 0 Å². The summed E-state index contributed by atoms with van der Waals surface area (Å²) < 4.78 is 0. The van der Waals surface area contributed by atoms with Gasteiger partial charge in [-0.25, -0.2) is 4.98 Å².